The minimum absolute atomic E-state index is 0.0366. The van der Waals surface area contributed by atoms with E-state index in [1.54, 1.807) is 48.5 Å². The van der Waals surface area contributed by atoms with E-state index in [4.69, 9.17) is 26.2 Å². The second kappa shape index (κ2) is 9.49. The molecule has 0 aliphatic carbocycles. The van der Waals surface area contributed by atoms with Crippen molar-refractivity contribution < 1.29 is 24.2 Å². The van der Waals surface area contributed by atoms with Gasteiger partial charge in [0.2, 0.25) is 0 Å². The van der Waals surface area contributed by atoms with Crippen LogP contribution in [-0.2, 0) is 9.59 Å². The molecule has 1 saturated heterocycles. The molecule has 7 nitrogen and oxygen atoms in total. The summed E-state index contributed by atoms with van der Waals surface area (Å²) in [6.07, 6.45) is 1.61. The molecule has 150 valence electrons. The van der Waals surface area contributed by atoms with Gasteiger partial charge in [-0.05, 0) is 59.8 Å². The number of nitrogens with one attached hydrogen (secondary N) is 1. The Morgan fingerprint density at radius 1 is 1.24 bits per heavy atom. The Hall–Kier alpha value is -2.97. The third-order valence-corrected chi connectivity index (χ3v) is 4.93. The molecular weight excluding hydrogens is 416 g/mol. The zero-order valence-electron chi connectivity index (χ0n) is 15.3. The first kappa shape index (κ1) is 20.8. The van der Waals surface area contributed by atoms with E-state index >= 15 is 0 Å². The number of benzene rings is 2. The van der Waals surface area contributed by atoms with Gasteiger partial charge in [-0.25, -0.2) is 4.99 Å². The molecule has 2 aromatic carbocycles. The zero-order valence-corrected chi connectivity index (χ0v) is 16.9. The van der Waals surface area contributed by atoms with Crippen molar-refractivity contribution in [3.8, 4) is 11.5 Å². The van der Waals surface area contributed by atoms with Crippen LogP contribution in [0.1, 0.15) is 12.0 Å². The van der Waals surface area contributed by atoms with Crippen LogP contribution in [0.15, 0.2) is 52.4 Å². The number of aliphatic imine (C=N–C) groups is 1. The lowest BCUT2D eigenvalue weighted by Crippen LogP contribution is -2.19. The highest BCUT2D eigenvalue weighted by Gasteiger charge is 2.24. The SMILES string of the molecule is COc1cc(/C=C2/SC(=Nc3ccc(Cl)cc3)NC2=O)ccc1OCCC(=O)O. The zero-order chi connectivity index (χ0) is 20.8. The Bertz CT molecular complexity index is 989. The number of ether oxygens (including phenoxy) is 2. The summed E-state index contributed by atoms with van der Waals surface area (Å²) in [5.74, 6) is -0.304. The van der Waals surface area contributed by atoms with Crippen molar-refractivity contribution in [2.75, 3.05) is 13.7 Å². The number of amidine groups is 1. The number of methoxy groups -OCH3 is 1. The molecule has 1 amide bonds. The molecule has 1 aliphatic heterocycles. The van der Waals surface area contributed by atoms with Gasteiger partial charge in [-0.3, -0.25) is 9.59 Å². The molecule has 0 spiro atoms. The second-order valence-electron chi connectivity index (χ2n) is 5.86. The van der Waals surface area contributed by atoms with Gasteiger partial charge in [-0.15, -0.1) is 0 Å². The van der Waals surface area contributed by atoms with Crippen LogP contribution in [0.5, 0.6) is 11.5 Å². The van der Waals surface area contributed by atoms with Gasteiger partial charge in [0.25, 0.3) is 5.91 Å². The molecule has 9 heteroatoms. The summed E-state index contributed by atoms with van der Waals surface area (Å²) < 4.78 is 10.7. The van der Waals surface area contributed by atoms with Gasteiger partial charge in [0.15, 0.2) is 16.7 Å². The fourth-order valence-corrected chi connectivity index (χ4v) is 3.37. The number of hydrogen-bond donors (Lipinski definition) is 2. The Labute approximate surface area is 176 Å². The van der Waals surface area contributed by atoms with Crippen LogP contribution < -0.4 is 14.8 Å². The van der Waals surface area contributed by atoms with Gasteiger partial charge in [0.1, 0.15) is 0 Å². The number of amides is 1. The van der Waals surface area contributed by atoms with Crippen molar-refractivity contribution in [3.05, 3.63) is 58.0 Å². The third kappa shape index (κ3) is 5.75. The molecule has 29 heavy (non-hydrogen) atoms. The summed E-state index contributed by atoms with van der Waals surface area (Å²) in [7, 11) is 1.49. The minimum atomic E-state index is -0.939. The lowest BCUT2D eigenvalue weighted by atomic mass is 10.2. The molecule has 0 unspecified atom stereocenters. The topological polar surface area (TPSA) is 97.2 Å². The molecule has 1 heterocycles. The van der Waals surface area contributed by atoms with E-state index < -0.39 is 5.97 Å². The highest BCUT2D eigenvalue weighted by atomic mass is 35.5. The second-order valence-corrected chi connectivity index (χ2v) is 7.33. The molecule has 2 aromatic rings. The first-order valence-electron chi connectivity index (χ1n) is 8.52. The van der Waals surface area contributed by atoms with Crippen LogP contribution in [0.4, 0.5) is 5.69 Å². The van der Waals surface area contributed by atoms with Gasteiger partial charge < -0.3 is 19.9 Å². The molecule has 3 rings (SSSR count). The maximum Gasteiger partial charge on any atom is 0.306 e. The lowest BCUT2D eigenvalue weighted by Gasteiger charge is -2.10. The lowest BCUT2D eigenvalue weighted by molar-refractivity contribution is -0.137. The number of carboxylic acids is 1. The summed E-state index contributed by atoms with van der Waals surface area (Å²) >= 11 is 7.09. The van der Waals surface area contributed by atoms with Crippen LogP contribution in [0.25, 0.3) is 6.08 Å². The fraction of sp³-hybridized carbons (Fsp3) is 0.150. The quantitative estimate of drug-likeness (QED) is 0.639. The van der Waals surface area contributed by atoms with E-state index in [1.165, 1.54) is 18.9 Å². The van der Waals surface area contributed by atoms with Gasteiger partial charge >= 0.3 is 5.97 Å². The van der Waals surface area contributed by atoms with Crippen LogP contribution in [0.2, 0.25) is 5.02 Å². The highest BCUT2D eigenvalue weighted by Crippen LogP contribution is 2.32. The molecule has 0 aromatic heterocycles. The predicted octanol–water partition coefficient (Wildman–Crippen LogP) is 4.09. The van der Waals surface area contributed by atoms with E-state index in [-0.39, 0.29) is 18.9 Å². The van der Waals surface area contributed by atoms with Crippen molar-refractivity contribution >= 4 is 52.2 Å². The van der Waals surface area contributed by atoms with E-state index in [0.717, 1.165) is 5.56 Å². The number of carbonyl (C=O) groups excluding carboxylic acids is 1. The van der Waals surface area contributed by atoms with Gasteiger partial charge in [-0.1, -0.05) is 17.7 Å². The summed E-state index contributed by atoms with van der Waals surface area (Å²) in [6, 6.07) is 12.1. The summed E-state index contributed by atoms with van der Waals surface area (Å²) in [4.78, 5) is 27.7. The smallest absolute Gasteiger partial charge is 0.306 e. The Morgan fingerprint density at radius 2 is 2.00 bits per heavy atom. The maximum absolute atomic E-state index is 12.2. The Kier molecular flexibility index (Phi) is 6.79. The summed E-state index contributed by atoms with van der Waals surface area (Å²) in [5.41, 5.74) is 1.42. The van der Waals surface area contributed by atoms with Crippen molar-refractivity contribution in [1.82, 2.24) is 5.32 Å². The van der Waals surface area contributed by atoms with Crippen LogP contribution in [0.3, 0.4) is 0 Å². The first-order valence-corrected chi connectivity index (χ1v) is 9.72. The average Bonchev–Trinajstić information content (AvgIpc) is 3.03. The molecule has 1 fully saturated rings. The molecule has 0 atom stereocenters. The molecule has 0 bridgehead atoms. The van der Waals surface area contributed by atoms with Crippen molar-refractivity contribution in [2.45, 2.75) is 6.42 Å². The molecular formula is C20H17ClN2O5S. The van der Waals surface area contributed by atoms with Gasteiger partial charge in [0.05, 0.1) is 30.7 Å². The number of carbonyl (C=O) groups is 2. The molecule has 1 aliphatic rings. The first-order chi connectivity index (χ1) is 13.9. The van der Waals surface area contributed by atoms with Crippen LogP contribution >= 0.6 is 23.4 Å². The number of aliphatic carboxylic acids is 1. The molecule has 0 radical (unpaired) electrons. The normalized spacial score (nSPS) is 16.1. The maximum atomic E-state index is 12.2. The van der Waals surface area contributed by atoms with Gasteiger partial charge in [-0.2, -0.15) is 0 Å². The largest absolute Gasteiger partial charge is 0.493 e. The van der Waals surface area contributed by atoms with Crippen LogP contribution in [0, 0.1) is 0 Å². The number of rotatable bonds is 7. The Balaban J connectivity index is 1.74. The summed E-state index contributed by atoms with van der Waals surface area (Å²) in [6.45, 7) is 0.0366. The number of carboxylic acid groups (broad SMARTS) is 1. The van der Waals surface area contributed by atoms with E-state index in [1.807, 2.05) is 0 Å². The average molecular weight is 433 g/mol. The number of halogens is 1. The van der Waals surface area contributed by atoms with Crippen molar-refractivity contribution in [1.29, 1.82) is 0 Å². The van der Waals surface area contributed by atoms with E-state index in [2.05, 4.69) is 10.3 Å². The molecule has 2 N–H and O–H groups in total. The Morgan fingerprint density at radius 3 is 2.69 bits per heavy atom. The van der Waals surface area contributed by atoms with Crippen LogP contribution in [-0.4, -0.2) is 35.9 Å². The number of nitrogens with zero attached hydrogens (tertiary/aromatic N) is 1. The third-order valence-electron chi connectivity index (χ3n) is 3.77. The van der Waals surface area contributed by atoms with Crippen molar-refractivity contribution in [3.63, 3.8) is 0 Å². The van der Waals surface area contributed by atoms with Gasteiger partial charge in [0, 0.05) is 5.02 Å². The standard InChI is InChI=1S/C20H17ClN2O5S/c1-27-16-10-12(2-7-15(16)28-9-8-18(24)25)11-17-19(26)23-20(29-17)22-14-5-3-13(21)4-6-14/h2-7,10-11H,8-9H2,1H3,(H,24,25)(H,22,23,26)/b17-11+. The van der Waals surface area contributed by atoms with E-state index in [0.29, 0.717) is 32.3 Å². The number of thioether (sulfide) groups is 1. The fourth-order valence-electron chi connectivity index (χ4n) is 2.41. The summed E-state index contributed by atoms with van der Waals surface area (Å²) in [5, 5.41) is 12.5. The predicted molar refractivity (Wildman–Crippen MR) is 113 cm³/mol. The van der Waals surface area contributed by atoms with E-state index in [9.17, 15) is 9.59 Å². The number of hydrogen-bond acceptors (Lipinski definition) is 6. The highest BCUT2D eigenvalue weighted by molar-refractivity contribution is 8.18. The minimum Gasteiger partial charge on any atom is -0.493 e. The van der Waals surface area contributed by atoms with Crippen molar-refractivity contribution in [2.24, 2.45) is 4.99 Å². The molecule has 0 saturated carbocycles. The monoisotopic (exact) mass is 432 g/mol.